The third-order valence-corrected chi connectivity index (χ3v) is 4.42. The van der Waals surface area contributed by atoms with E-state index in [1.54, 1.807) is 6.21 Å². The first-order chi connectivity index (χ1) is 13.5. The highest BCUT2D eigenvalue weighted by molar-refractivity contribution is 6.32. The largest absolute Gasteiger partial charge is 0.506 e. The predicted octanol–water partition coefficient (Wildman–Crippen LogP) is 5.63. The summed E-state index contributed by atoms with van der Waals surface area (Å²) >= 11 is 11.7. The molecule has 0 fully saturated rings. The van der Waals surface area contributed by atoms with Crippen molar-refractivity contribution in [3.63, 3.8) is 0 Å². The Labute approximate surface area is 172 Å². The molecule has 0 bridgehead atoms. The van der Waals surface area contributed by atoms with E-state index in [1.807, 2.05) is 60.7 Å². The average Bonchev–Trinajstić information content (AvgIpc) is 2.70. The number of carbonyl (C=O) groups is 1. The van der Waals surface area contributed by atoms with Crippen LogP contribution in [0.4, 0.5) is 0 Å². The topological polar surface area (TPSA) is 61.7 Å². The summed E-state index contributed by atoms with van der Waals surface area (Å²) in [6.07, 6.45) is 5.55. The summed E-state index contributed by atoms with van der Waals surface area (Å²) < 4.78 is 0. The van der Waals surface area contributed by atoms with Crippen molar-refractivity contribution in [2.75, 3.05) is 0 Å². The first-order valence-electron chi connectivity index (χ1n) is 8.37. The first-order valence-corrected chi connectivity index (χ1v) is 9.12. The molecule has 0 aromatic heterocycles. The van der Waals surface area contributed by atoms with Gasteiger partial charge >= 0.3 is 0 Å². The summed E-state index contributed by atoms with van der Waals surface area (Å²) in [6, 6.07) is 19.5. The van der Waals surface area contributed by atoms with Crippen molar-refractivity contribution in [1.82, 2.24) is 5.43 Å². The molecular weight excluding hydrogens is 395 g/mol. The summed E-state index contributed by atoms with van der Waals surface area (Å²) in [6.45, 7) is 0. The zero-order valence-corrected chi connectivity index (χ0v) is 16.2. The summed E-state index contributed by atoms with van der Waals surface area (Å²) in [5.41, 5.74) is 5.67. The third kappa shape index (κ3) is 5.46. The Morgan fingerprint density at radius 3 is 2.04 bits per heavy atom. The molecule has 3 aromatic rings. The fourth-order valence-electron chi connectivity index (χ4n) is 2.34. The molecule has 0 radical (unpaired) electrons. The van der Waals surface area contributed by atoms with Gasteiger partial charge in [0.2, 0.25) is 0 Å². The lowest BCUT2D eigenvalue weighted by atomic mass is 10.1. The summed E-state index contributed by atoms with van der Waals surface area (Å²) in [7, 11) is 0. The smallest absolute Gasteiger partial charge is 0.271 e. The molecule has 0 saturated heterocycles. The van der Waals surface area contributed by atoms with Gasteiger partial charge in [0, 0.05) is 10.6 Å². The number of rotatable bonds is 5. The molecule has 4 nitrogen and oxygen atoms in total. The quantitative estimate of drug-likeness (QED) is 0.325. The van der Waals surface area contributed by atoms with Crippen LogP contribution in [-0.2, 0) is 0 Å². The van der Waals surface area contributed by atoms with E-state index in [4.69, 9.17) is 23.2 Å². The molecule has 0 aliphatic rings. The van der Waals surface area contributed by atoms with Gasteiger partial charge in [-0.2, -0.15) is 5.10 Å². The van der Waals surface area contributed by atoms with Crippen LogP contribution in [0.1, 0.15) is 27.0 Å². The fraction of sp³-hybridized carbons (Fsp3) is 0. The second-order valence-electron chi connectivity index (χ2n) is 5.92. The average molecular weight is 411 g/mol. The van der Waals surface area contributed by atoms with Crippen molar-refractivity contribution in [1.29, 1.82) is 0 Å². The Hall–Kier alpha value is -3.08. The Morgan fingerprint density at radius 2 is 1.43 bits per heavy atom. The summed E-state index contributed by atoms with van der Waals surface area (Å²) in [4.78, 5) is 12.0. The number of hydrazone groups is 1. The van der Waals surface area contributed by atoms with Crippen molar-refractivity contribution in [2.24, 2.45) is 5.10 Å². The minimum atomic E-state index is -0.416. The minimum absolute atomic E-state index is 0.0769. The van der Waals surface area contributed by atoms with Gasteiger partial charge < -0.3 is 5.11 Å². The molecule has 140 valence electrons. The van der Waals surface area contributed by atoms with Gasteiger partial charge in [-0.1, -0.05) is 71.8 Å². The first kappa shape index (κ1) is 19.7. The molecule has 0 unspecified atom stereocenters. The lowest BCUT2D eigenvalue weighted by molar-refractivity contribution is 0.0955. The number of benzene rings is 3. The Bertz CT molecular complexity index is 1030. The fourth-order valence-corrected chi connectivity index (χ4v) is 2.64. The second-order valence-corrected chi connectivity index (χ2v) is 6.76. The highest BCUT2D eigenvalue weighted by atomic mass is 35.5. The van der Waals surface area contributed by atoms with Gasteiger partial charge in [0.05, 0.1) is 11.2 Å². The molecule has 2 N–H and O–H groups in total. The lowest BCUT2D eigenvalue weighted by Crippen LogP contribution is -2.17. The molecule has 0 spiro atoms. The van der Waals surface area contributed by atoms with E-state index < -0.39 is 5.91 Å². The second kappa shape index (κ2) is 9.22. The van der Waals surface area contributed by atoms with E-state index in [2.05, 4.69) is 10.5 Å². The number of aromatic hydroxyl groups is 1. The predicted molar refractivity (Wildman–Crippen MR) is 115 cm³/mol. The number of hydrogen-bond donors (Lipinski definition) is 2. The highest BCUT2D eigenvalue weighted by Gasteiger charge is 2.07. The van der Waals surface area contributed by atoms with Crippen LogP contribution in [0.3, 0.4) is 0 Å². The Balaban J connectivity index is 1.58. The van der Waals surface area contributed by atoms with Crippen LogP contribution < -0.4 is 5.43 Å². The standard InChI is InChI=1S/C22H16Cl2N2O2/c23-19-10-7-16(8-11-19)2-1-15-3-5-17(6-4-15)14-25-26-22(28)18-9-12-21(27)20(24)13-18/h1-14,27H,(H,26,28). The Kier molecular flexibility index (Phi) is 6.48. The van der Waals surface area contributed by atoms with Gasteiger partial charge in [0.15, 0.2) is 0 Å². The molecule has 6 heteroatoms. The molecule has 28 heavy (non-hydrogen) atoms. The minimum Gasteiger partial charge on any atom is -0.506 e. The van der Waals surface area contributed by atoms with Crippen molar-refractivity contribution in [2.45, 2.75) is 0 Å². The van der Waals surface area contributed by atoms with Gasteiger partial charge in [-0.05, 0) is 47.0 Å². The number of hydrogen-bond acceptors (Lipinski definition) is 3. The maximum absolute atomic E-state index is 12.0. The van der Waals surface area contributed by atoms with Gasteiger partial charge in [-0.15, -0.1) is 0 Å². The molecule has 3 aromatic carbocycles. The molecule has 3 rings (SSSR count). The van der Waals surface area contributed by atoms with Crippen molar-refractivity contribution < 1.29 is 9.90 Å². The van der Waals surface area contributed by atoms with Crippen LogP contribution in [0, 0.1) is 0 Å². The SMILES string of the molecule is O=C(NN=Cc1ccc(C=Cc2ccc(Cl)cc2)cc1)c1ccc(O)c(Cl)c1. The normalized spacial score (nSPS) is 11.2. The van der Waals surface area contributed by atoms with E-state index in [1.165, 1.54) is 18.2 Å². The number of phenolic OH excluding ortho intramolecular Hbond substituents is 1. The lowest BCUT2D eigenvalue weighted by Gasteiger charge is -2.02. The van der Waals surface area contributed by atoms with Crippen LogP contribution in [0.15, 0.2) is 71.8 Å². The van der Waals surface area contributed by atoms with E-state index in [0.29, 0.717) is 10.6 Å². The third-order valence-electron chi connectivity index (χ3n) is 3.86. The number of amides is 1. The monoisotopic (exact) mass is 410 g/mol. The number of halogens is 2. The molecule has 0 aliphatic heterocycles. The molecule has 0 heterocycles. The number of phenols is 1. The van der Waals surface area contributed by atoms with Crippen molar-refractivity contribution >= 4 is 47.5 Å². The molecule has 1 amide bonds. The Morgan fingerprint density at radius 1 is 0.857 bits per heavy atom. The molecule has 0 aliphatic carbocycles. The maximum Gasteiger partial charge on any atom is 0.271 e. The number of nitrogens with zero attached hydrogens (tertiary/aromatic N) is 1. The van der Waals surface area contributed by atoms with Crippen molar-refractivity contribution in [3.8, 4) is 5.75 Å². The zero-order chi connectivity index (χ0) is 19.9. The maximum atomic E-state index is 12.0. The van der Waals surface area contributed by atoms with Gasteiger partial charge in [0.25, 0.3) is 5.91 Å². The van der Waals surface area contributed by atoms with E-state index in [0.717, 1.165) is 16.7 Å². The zero-order valence-electron chi connectivity index (χ0n) is 14.6. The van der Waals surface area contributed by atoms with Crippen LogP contribution >= 0.6 is 23.2 Å². The summed E-state index contributed by atoms with van der Waals surface area (Å²) in [5.74, 6) is -0.493. The van der Waals surface area contributed by atoms with Crippen LogP contribution in [0.5, 0.6) is 5.75 Å². The van der Waals surface area contributed by atoms with Crippen LogP contribution in [0.2, 0.25) is 10.0 Å². The molecular formula is C22H16Cl2N2O2. The van der Waals surface area contributed by atoms with E-state index in [9.17, 15) is 9.90 Å². The molecule has 0 saturated carbocycles. The van der Waals surface area contributed by atoms with Gasteiger partial charge in [-0.3, -0.25) is 4.79 Å². The van der Waals surface area contributed by atoms with E-state index in [-0.39, 0.29) is 10.8 Å². The number of carbonyl (C=O) groups excluding carboxylic acids is 1. The van der Waals surface area contributed by atoms with Gasteiger partial charge in [0.1, 0.15) is 5.75 Å². The van der Waals surface area contributed by atoms with Crippen LogP contribution in [-0.4, -0.2) is 17.2 Å². The number of nitrogens with one attached hydrogen (secondary N) is 1. The van der Waals surface area contributed by atoms with Gasteiger partial charge in [-0.25, -0.2) is 5.43 Å². The van der Waals surface area contributed by atoms with Crippen molar-refractivity contribution in [3.05, 3.63) is 99.0 Å². The summed E-state index contributed by atoms with van der Waals surface area (Å²) in [5, 5.41) is 14.1. The van der Waals surface area contributed by atoms with E-state index >= 15 is 0 Å². The highest BCUT2D eigenvalue weighted by Crippen LogP contribution is 2.23. The van der Waals surface area contributed by atoms with Crippen LogP contribution in [0.25, 0.3) is 12.2 Å². The molecule has 0 atom stereocenters.